The molecule has 19 heavy (non-hydrogen) atoms. The molecular formula is C12H18N6O. The molecule has 2 aromatic rings. The normalized spacial score (nSPS) is 19.9. The van der Waals surface area contributed by atoms with Crippen molar-refractivity contribution in [2.75, 3.05) is 12.3 Å². The van der Waals surface area contributed by atoms with Crippen LogP contribution in [-0.4, -0.2) is 31.8 Å². The topological polar surface area (TPSA) is 90.8 Å². The number of fused-ring (bicyclic) bond motifs is 1. The molecule has 0 saturated carbocycles. The zero-order valence-electron chi connectivity index (χ0n) is 11.2. The SMILES string of the molecule is CCn1nc(C)c2nc(N)n(C3CCCNC3=O)c21. The molecule has 0 aliphatic carbocycles. The van der Waals surface area contributed by atoms with E-state index >= 15 is 0 Å². The van der Waals surface area contributed by atoms with Gasteiger partial charge in [-0.15, -0.1) is 0 Å². The van der Waals surface area contributed by atoms with E-state index in [-0.39, 0.29) is 11.9 Å². The van der Waals surface area contributed by atoms with Crippen LogP contribution in [0, 0.1) is 6.92 Å². The first-order valence-electron chi connectivity index (χ1n) is 6.62. The molecule has 1 aliphatic rings. The lowest BCUT2D eigenvalue weighted by Crippen LogP contribution is -2.38. The molecule has 3 heterocycles. The molecule has 7 nitrogen and oxygen atoms in total. The van der Waals surface area contributed by atoms with E-state index in [2.05, 4.69) is 15.4 Å². The number of carbonyl (C=O) groups excluding carboxylic acids is 1. The molecule has 1 saturated heterocycles. The van der Waals surface area contributed by atoms with Gasteiger partial charge in [-0.05, 0) is 26.7 Å². The highest BCUT2D eigenvalue weighted by molar-refractivity contribution is 5.85. The van der Waals surface area contributed by atoms with Gasteiger partial charge in [-0.2, -0.15) is 5.10 Å². The Kier molecular flexibility index (Phi) is 2.69. The standard InChI is InChI=1S/C12H18N6O/c1-3-17-11-9(7(2)16-17)15-12(13)18(11)8-5-4-6-14-10(8)19/h8H,3-6H2,1-2H3,(H2,13,15)(H,14,19). The summed E-state index contributed by atoms with van der Waals surface area (Å²) in [6, 6.07) is -0.278. The van der Waals surface area contributed by atoms with E-state index in [9.17, 15) is 4.79 Å². The highest BCUT2D eigenvalue weighted by atomic mass is 16.2. The lowest BCUT2D eigenvalue weighted by molar-refractivity contribution is -0.125. The van der Waals surface area contributed by atoms with E-state index in [0.29, 0.717) is 5.95 Å². The number of rotatable bonds is 2. The molecule has 0 radical (unpaired) electrons. The monoisotopic (exact) mass is 262 g/mol. The number of hydrogen-bond donors (Lipinski definition) is 2. The summed E-state index contributed by atoms with van der Waals surface area (Å²) in [6.45, 7) is 5.38. The predicted molar refractivity (Wildman–Crippen MR) is 71.6 cm³/mol. The second kappa shape index (κ2) is 4.25. The Bertz CT molecular complexity index is 640. The summed E-state index contributed by atoms with van der Waals surface area (Å²) in [5, 5.41) is 7.32. The number of carbonyl (C=O) groups is 1. The van der Waals surface area contributed by atoms with Gasteiger partial charge >= 0.3 is 0 Å². The van der Waals surface area contributed by atoms with Crippen molar-refractivity contribution in [1.82, 2.24) is 24.6 Å². The fourth-order valence-corrected chi connectivity index (χ4v) is 2.74. The predicted octanol–water partition coefficient (Wildman–Crippen LogP) is 0.594. The zero-order chi connectivity index (χ0) is 13.6. The largest absolute Gasteiger partial charge is 0.369 e. The third kappa shape index (κ3) is 1.68. The van der Waals surface area contributed by atoms with Crippen LogP contribution in [-0.2, 0) is 11.3 Å². The summed E-state index contributed by atoms with van der Waals surface area (Å²) in [7, 11) is 0. The number of imidazole rings is 1. The van der Waals surface area contributed by atoms with Gasteiger partial charge in [0.05, 0.1) is 5.69 Å². The number of nitrogen functional groups attached to an aromatic ring is 1. The van der Waals surface area contributed by atoms with Crippen LogP contribution in [0.1, 0.15) is 31.5 Å². The van der Waals surface area contributed by atoms with Gasteiger partial charge in [0.2, 0.25) is 11.9 Å². The number of piperidine rings is 1. The van der Waals surface area contributed by atoms with Gasteiger partial charge in [-0.25, -0.2) is 9.67 Å². The van der Waals surface area contributed by atoms with E-state index in [1.165, 1.54) is 0 Å². The van der Waals surface area contributed by atoms with Crippen molar-refractivity contribution in [2.45, 2.75) is 39.3 Å². The van der Waals surface area contributed by atoms with Crippen molar-refractivity contribution in [3.63, 3.8) is 0 Å². The summed E-state index contributed by atoms with van der Waals surface area (Å²) in [4.78, 5) is 16.4. The summed E-state index contributed by atoms with van der Waals surface area (Å²) in [5.74, 6) is 0.401. The van der Waals surface area contributed by atoms with E-state index in [1.54, 1.807) is 0 Å². The minimum atomic E-state index is -0.278. The number of aromatic nitrogens is 4. The number of anilines is 1. The van der Waals surface area contributed by atoms with Crippen LogP contribution < -0.4 is 11.1 Å². The average Bonchev–Trinajstić information content (AvgIpc) is 2.88. The molecule has 0 spiro atoms. The van der Waals surface area contributed by atoms with Gasteiger partial charge in [0.25, 0.3) is 0 Å². The number of amides is 1. The van der Waals surface area contributed by atoms with Gasteiger partial charge in [0.15, 0.2) is 5.65 Å². The highest BCUT2D eigenvalue weighted by Crippen LogP contribution is 2.28. The first kappa shape index (κ1) is 12.0. The molecule has 1 unspecified atom stereocenters. The second-order valence-corrected chi connectivity index (χ2v) is 4.86. The maximum atomic E-state index is 12.1. The molecule has 1 amide bonds. The maximum Gasteiger partial charge on any atom is 0.243 e. The number of nitrogens with zero attached hydrogens (tertiary/aromatic N) is 4. The van der Waals surface area contributed by atoms with Gasteiger partial charge in [0, 0.05) is 13.1 Å². The number of hydrogen-bond acceptors (Lipinski definition) is 4. The first-order chi connectivity index (χ1) is 9.13. The van der Waals surface area contributed by atoms with Crippen molar-refractivity contribution < 1.29 is 4.79 Å². The number of aryl methyl sites for hydroxylation is 2. The lowest BCUT2D eigenvalue weighted by atomic mass is 10.1. The zero-order valence-corrected chi connectivity index (χ0v) is 11.2. The highest BCUT2D eigenvalue weighted by Gasteiger charge is 2.29. The van der Waals surface area contributed by atoms with Crippen LogP contribution in [0.5, 0.6) is 0 Å². The Morgan fingerprint density at radius 2 is 2.32 bits per heavy atom. The van der Waals surface area contributed by atoms with Crippen LogP contribution in [0.25, 0.3) is 11.2 Å². The molecule has 1 atom stereocenters. The molecule has 1 fully saturated rings. The van der Waals surface area contributed by atoms with Crippen LogP contribution >= 0.6 is 0 Å². The molecule has 0 bridgehead atoms. The Hall–Kier alpha value is -2.05. The fourth-order valence-electron chi connectivity index (χ4n) is 2.74. The summed E-state index contributed by atoms with van der Waals surface area (Å²) in [6.07, 6.45) is 1.74. The minimum absolute atomic E-state index is 0.0127. The smallest absolute Gasteiger partial charge is 0.243 e. The summed E-state index contributed by atoms with van der Waals surface area (Å²) in [5.41, 5.74) is 8.50. The van der Waals surface area contributed by atoms with Crippen molar-refractivity contribution >= 4 is 23.0 Å². The van der Waals surface area contributed by atoms with E-state index in [1.807, 2.05) is 23.1 Å². The first-order valence-corrected chi connectivity index (χ1v) is 6.62. The van der Waals surface area contributed by atoms with Gasteiger partial charge in [-0.3, -0.25) is 9.36 Å². The van der Waals surface area contributed by atoms with E-state index in [4.69, 9.17) is 5.73 Å². The third-order valence-corrected chi connectivity index (χ3v) is 3.64. The average molecular weight is 262 g/mol. The van der Waals surface area contributed by atoms with Crippen molar-refractivity contribution in [3.05, 3.63) is 5.69 Å². The summed E-state index contributed by atoms with van der Waals surface area (Å²) >= 11 is 0. The number of nitrogens with two attached hydrogens (primary N) is 1. The molecule has 7 heteroatoms. The quantitative estimate of drug-likeness (QED) is 0.829. The van der Waals surface area contributed by atoms with Crippen LogP contribution in [0.3, 0.4) is 0 Å². The molecule has 0 aromatic carbocycles. The number of nitrogens with one attached hydrogen (secondary N) is 1. The third-order valence-electron chi connectivity index (χ3n) is 3.64. The second-order valence-electron chi connectivity index (χ2n) is 4.86. The molecule has 102 valence electrons. The molecule has 1 aliphatic heterocycles. The Morgan fingerprint density at radius 3 is 3.00 bits per heavy atom. The Labute approximate surface area is 110 Å². The van der Waals surface area contributed by atoms with Crippen molar-refractivity contribution in [2.24, 2.45) is 0 Å². The Morgan fingerprint density at radius 1 is 1.53 bits per heavy atom. The lowest BCUT2D eigenvalue weighted by Gasteiger charge is -2.24. The van der Waals surface area contributed by atoms with Gasteiger partial charge in [0.1, 0.15) is 11.6 Å². The Balaban J connectivity index is 2.21. The molecule has 3 rings (SSSR count). The molecular weight excluding hydrogens is 244 g/mol. The van der Waals surface area contributed by atoms with Crippen LogP contribution in [0.2, 0.25) is 0 Å². The van der Waals surface area contributed by atoms with Crippen LogP contribution in [0.15, 0.2) is 0 Å². The molecule has 2 aromatic heterocycles. The van der Waals surface area contributed by atoms with Gasteiger partial charge < -0.3 is 11.1 Å². The minimum Gasteiger partial charge on any atom is -0.369 e. The van der Waals surface area contributed by atoms with Crippen molar-refractivity contribution in [1.29, 1.82) is 0 Å². The molecule has 3 N–H and O–H groups in total. The van der Waals surface area contributed by atoms with Crippen LogP contribution in [0.4, 0.5) is 5.95 Å². The van der Waals surface area contributed by atoms with E-state index in [0.717, 1.165) is 42.8 Å². The van der Waals surface area contributed by atoms with Gasteiger partial charge in [-0.1, -0.05) is 0 Å². The van der Waals surface area contributed by atoms with E-state index < -0.39 is 0 Å². The fraction of sp³-hybridized carbons (Fsp3) is 0.583. The maximum absolute atomic E-state index is 12.1. The van der Waals surface area contributed by atoms with Crippen molar-refractivity contribution in [3.8, 4) is 0 Å². The summed E-state index contributed by atoms with van der Waals surface area (Å²) < 4.78 is 3.68.